The summed E-state index contributed by atoms with van der Waals surface area (Å²) >= 11 is 0. The Hall–Kier alpha value is -2.38. The van der Waals surface area contributed by atoms with Gasteiger partial charge in [-0.1, -0.05) is 30.3 Å². The van der Waals surface area contributed by atoms with Crippen molar-refractivity contribution >= 4 is 5.91 Å². The molecule has 4 rings (SSSR count). The maximum absolute atomic E-state index is 13.2. The Morgan fingerprint density at radius 2 is 1.35 bits per heavy atom. The molecule has 0 unspecified atom stereocenters. The SMILES string of the molecule is O=C(c1ccccc1-c1ccc(C(F)(F)F)cc1)N1CCN(CCN2CCCC2)CC1. The van der Waals surface area contributed by atoms with Crippen molar-refractivity contribution in [2.75, 3.05) is 52.4 Å². The molecule has 4 nitrogen and oxygen atoms in total. The highest BCUT2D eigenvalue weighted by molar-refractivity contribution is 6.01. The molecule has 0 aliphatic carbocycles. The summed E-state index contributed by atoms with van der Waals surface area (Å²) in [5.41, 5.74) is 1.12. The van der Waals surface area contributed by atoms with Crippen LogP contribution in [-0.4, -0.2) is 73.0 Å². The molecule has 2 aliphatic heterocycles. The fourth-order valence-corrected chi connectivity index (χ4v) is 4.39. The summed E-state index contributed by atoms with van der Waals surface area (Å²) in [4.78, 5) is 20.0. The Kier molecular flexibility index (Phi) is 6.62. The van der Waals surface area contributed by atoms with Gasteiger partial charge in [0.1, 0.15) is 0 Å². The van der Waals surface area contributed by atoms with Crippen molar-refractivity contribution in [3.05, 3.63) is 59.7 Å². The zero-order valence-corrected chi connectivity index (χ0v) is 17.6. The van der Waals surface area contributed by atoms with Crippen LogP contribution >= 0.6 is 0 Å². The van der Waals surface area contributed by atoms with Crippen molar-refractivity contribution in [3.8, 4) is 11.1 Å². The summed E-state index contributed by atoms with van der Waals surface area (Å²) in [5, 5.41) is 0. The van der Waals surface area contributed by atoms with Gasteiger partial charge in [0, 0.05) is 44.8 Å². The highest BCUT2D eigenvalue weighted by atomic mass is 19.4. The third-order valence-electron chi connectivity index (χ3n) is 6.27. The molecule has 2 aromatic rings. The molecule has 2 fully saturated rings. The normalized spacial score (nSPS) is 18.5. The van der Waals surface area contributed by atoms with E-state index < -0.39 is 11.7 Å². The van der Waals surface area contributed by atoms with Crippen LogP contribution in [0.5, 0.6) is 0 Å². The number of nitrogens with zero attached hydrogens (tertiary/aromatic N) is 3. The number of amides is 1. The number of benzene rings is 2. The van der Waals surface area contributed by atoms with Crippen LogP contribution in [-0.2, 0) is 6.18 Å². The lowest BCUT2D eigenvalue weighted by molar-refractivity contribution is -0.137. The van der Waals surface area contributed by atoms with E-state index in [2.05, 4.69) is 9.80 Å². The fraction of sp³-hybridized carbons (Fsp3) is 0.458. The van der Waals surface area contributed by atoms with Crippen molar-refractivity contribution < 1.29 is 18.0 Å². The lowest BCUT2D eigenvalue weighted by atomic mass is 9.97. The van der Waals surface area contributed by atoms with Crippen LogP contribution in [0.25, 0.3) is 11.1 Å². The van der Waals surface area contributed by atoms with E-state index in [1.54, 1.807) is 24.3 Å². The third-order valence-corrected chi connectivity index (χ3v) is 6.27. The van der Waals surface area contributed by atoms with Gasteiger partial charge in [-0.25, -0.2) is 0 Å². The van der Waals surface area contributed by atoms with E-state index >= 15 is 0 Å². The van der Waals surface area contributed by atoms with Crippen molar-refractivity contribution in [2.24, 2.45) is 0 Å². The molecule has 7 heteroatoms. The first-order valence-electron chi connectivity index (χ1n) is 10.9. The molecule has 2 aromatic carbocycles. The Balaban J connectivity index is 1.40. The minimum atomic E-state index is -4.37. The van der Waals surface area contributed by atoms with Gasteiger partial charge in [-0.3, -0.25) is 9.69 Å². The van der Waals surface area contributed by atoms with Gasteiger partial charge in [0.05, 0.1) is 5.56 Å². The zero-order valence-electron chi connectivity index (χ0n) is 17.6. The molecule has 166 valence electrons. The van der Waals surface area contributed by atoms with Crippen LogP contribution in [0, 0.1) is 0 Å². The molecular weight excluding hydrogens is 403 g/mol. The second-order valence-corrected chi connectivity index (χ2v) is 8.30. The van der Waals surface area contributed by atoms with Crippen molar-refractivity contribution in [3.63, 3.8) is 0 Å². The van der Waals surface area contributed by atoms with Gasteiger partial charge in [0.25, 0.3) is 5.91 Å². The Bertz CT molecular complexity index is 884. The predicted molar refractivity (Wildman–Crippen MR) is 115 cm³/mol. The highest BCUT2D eigenvalue weighted by Gasteiger charge is 2.30. The van der Waals surface area contributed by atoms with E-state index in [0.717, 1.165) is 38.3 Å². The van der Waals surface area contributed by atoms with Crippen LogP contribution in [0.4, 0.5) is 13.2 Å². The van der Waals surface area contributed by atoms with Crippen molar-refractivity contribution in [2.45, 2.75) is 19.0 Å². The molecule has 0 aromatic heterocycles. The molecule has 0 radical (unpaired) electrons. The zero-order chi connectivity index (χ0) is 21.8. The minimum Gasteiger partial charge on any atom is -0.336 e. The van der Waals surface area contributed by atoms with E-state index in [0.29, 0.717) is 29.8 Å². The average Bonchev–Trinajstić information content (AvgIpc) is 3.31. The van der Waals surface area contributed by atoms with Gasteiger partial charge in [0.15, 0.2) is 0 Å². The van der Waals surface area contributed by atoms with Crippen molar-refractivity contribution in [1.29, 1.82) is 0 Å². The van der Waals surface area contributed by atoms with Gasteiger partial charge in [-0.2, -0.15) is 13.2 Å². The monoisotopic (exact) mass is 431 g/mol. The number of halogens is 3. The molecule has 0 bridgehead atoms. The van der Waals surface area contributed by atoms with Gasteiger partial charge >= 0.3 is 6.18 Å². The molecule has 2 saturated heterocycles. The second-order valence-electron chi connectivity index (χ2n) is 8.30. The first-order chi connectivity index (χ1) is 14.9. The third kappa shape index (κ3) is 5.28. The number of likely N-dealkylation sites (tertiary alicyclic amines) is 1. The molecule has 0 N–H and O–H groups in total. The number of hydrogen-bond acceptors (Lipinski definition) is 3. The smallest absolute Gasteiger partial charge is 0.336 e. The Labute approximate surface area is 181 Å². The van der Waals surface area contributed by atoms with E-state index in [-0.39, 0.29) is 5.91 Å². The largest absolute Gasteiger partial charge is 0.416 e. The lowest BCUT2D eigenvalue weighted by Crippen LogP contribution is -2.50. The summed E-state index contributed by atoms with van der Waals surface area (Å²) in [7, 11) is 0. The number of alkyl halides is 3. The van der Waals surface area contributed by atoms with E-state index in [1.165, 1.54) is 38.1 Å². The van der Waals surface area contributed by atoms with Crippen LogP contribution in [0.3, 0.4) is 0 Å². The Morgan fingerprint density at radius 3 is 1.97 bits per heavy atom. The summed E-state index contributed by atoms with van der Waals surface area (Å²) in [6.45, 7) is 7.54. The first-order valence-corrected chi connectivity index (χ1v) is 10.9. The molecule has 2 aliphatic rings. The van der Waals surface area contributed by atoms with Gasteiger partial charge in [-0.05, 0) is 55.3 Å². The predicted octanol–water partition coefficient (Wildman–Crippen LogP) is 4.23. The number of piperazine rings is 1. The fourth-order valence-electron chi connectivity index (χ4n) is 4.39. The van der Waals surface area contributed by atoms with E-state index in [1.807, 2.05) is 4.90 Å². The molecule has 31 heavy (non-hydrogen) atoms. The maximum atomic E-state index is 13.2. The first kappa shape index (κ1) is 21.8. The van der Waals surface area contributed by atoms with Crippen LogP contribution in [0.15, 0.2) is 48.5 Å². The second kappa shape index (κ2) is 9.40. The maximum Gasteiger partial charge on any atom is 0.416 e. The standard InChI is InChI=1S/C24H28F3N3O/c25-24(26,27)20-9-7-19(8-10-20)21-5-1-2-6-22(21)23(31)30-17-15-29(16-18-30)14-13-28-11-3-4-12-28/h1-2,5-10H,3-4,11-18H2. The van der Waals surface area contributed by atoms with Crippen LogP contribution in [0.2, 0.25) is 0 Å². The molecule has 1 amide bonds. The minimum absolute atomic E-state index is 0.0605. The van der Waals surface area contributed by atoms with Gasteiger partial charge in [-0.15, -0.1) is 0 Å². The number of rotatable bonds is 5. The molecule has 2 heterocycles. The van der Waals surface area contributed by atoms with E-state index in [4.69, 9.17) is 0 Å². The topological polar surface area (TPSA) is 26.8 Å². The number of hydrogen-bond donors (Lipinski definition) is 0. The van der Waals surface area contributed by atoms with Crippen LogP contribution < -0.4 is 0 Å². The Morgan fingerprint density at radius 1 is 0.774 bits per heavy atom. The summed E-state index contributed by atoms with van der Waals surface area (Å²) in [6.07, 6.45) is -1.79. The highest BCUT2D eigenvalue weighted by Crippen LogP contribution is 2.32. The molecule has 0 saturated carbocycles. The van der Waals surface area contributed by atoms with Crippen molar-refractivity contribution in [1.82, 2.24) is 14.7 Å². The quantitative estimate of drug-likeness (QED) is 0.709. The lowest BCUT2D eigenvalue weighted by Gasteiger charge is -2.35. The summed E-state index contributed by atoms with van der Waals surface area (Å²) in [6, 6.07) is 12.2. The van der Waals surface area contributed by atoms with Gasteiger partial charge in [0.2, 0.25) is 0 Å². The molecule has 0 spiro atoms. The molecule has 0 atom stereocenters. The average molecular weight is 432 g/mol. The van der Waals surface area contributed by atoms with Gasteiger partial charge < -0.3 is 9.80 Å². The number of carbonyl (C=O) groups excluding carboxylic acids is 1. The summed E-state index contributed by atoms with van der Waals surface area (Å²) in [5.74, 6) is -0.0605. The van der Waals surface area contributed by atoms with E-state index in [9.17, 15) is 18.0 Å². The number of carbonyl (C=O) groups is 1. The summed E-state index contributed by atoms with van der Waals surface area (Å²) < 4.78 is 38.6. The molecular formula is C24H28F3N3O. The van der Waals surface area contributed by atoms with Crippen LogP contribution in [0.1, 0.15) is 28.8 Å².